The molecule has 0 aromatic carbocycles. The first-order chi connectivity index (χ1) is 7.33. The van der Waals surface area contributed by atoms with E-state index in [1.54, 1.807) is 14.2 Å². The smallest absolute Gasteiger partial charge is 0.146 e. The Hall–Kier alpha value is -0.980. The van der Waals surface area contributed by atoms with Crippen LogP contribution in [-0.2, 0) is 29.0 Å². The van der Waals surface area contributed by atoms with Gasteiger partial charge in [0.2, 0.25) is 0 Å². The van der Waals surface area contributed by atoms with Crippen molar-refractivity contribution in [3.05, 3.63) is 11.6 Å². The highest BCUT2D eigenvalue weighted by molar-refractivity contribution is 4.96. The van der Waals surface area contributed by atoms with E-state index >= 15 is 0 Å². The van der Waals surface area contributed by atoms with E-state index in [2.05, 4.69) is 10.2 Å². The Kier molecular flexibility index (Phi) is 5.23. The van der Waals surface area contributed by atoms with Gasteiger partial charge in [0, 0.05) is 27.2 Å². The SMILES string of the molecule is COCCc1nnc(CN)n1CCOC. The van der Waals surface area contributed by atoms with Gasteiger partial charge in [-0.15, -0.1) is 10.2 Å². The van der Waals surface area contributed by atoms with Crippen LogP contribution in [0.3, 0.4) is 0 Å². The molecular weight excluding hydrogens is 196 g/mol. The Balaban J connectivity index is 2.70. The van der Waals surface area contributed by atoms with Gasteiger partial charge in [0.1, 0.15) is 11.6 Å². The fourth-order valence-electron chi connectivity index (χ4n) is 1.34. The Labute approximate surface area is 89.4 Å². The van der Waals surface area contributed by atoms with Gasteiger partial charge in [0.05, 0.1) is 19.8 Å². The summed E-state index contributed by atoms with van der Waals surface area (Å²) in [6.07, 6.45) is 0.743. The van der Waals surface area contributed by atoms with E-state index in [1.165, 1.54) is 0 Å². The van der Waals surface area contributed by atoms with Crippen LogP contribution in [0.15, 0.2) is 0 Å². The van der Waals surface area contributed by atoms with Crippen molar-refractivity contribution < 1.29 is 9.47 Å². The lowest BCUT2D eigenvalue weighted by atomic mass is 10.4. The lowest BCUT2D eigenvalue weighted by molar-refractivity contribution is 0.181. The topological polar surface area (TPSA) is 75.2 Å². The lowest BCUT2D eigenvalue weighted by Crippen LogP contribution is -2.15. The Morgan fingerprint density at radius 3 is 2.40 bits per heavy atom. The maximum absolute atomic E-state index is 5.57. The number of hydrogen-bond acceptors (Lipinski definition) is 5. The highest BCUT2D eigenvalue weighted by Crippen LogP contribution is 2.03. The second-order valence-electron chi connectivity index (χ2n) is 3.12. The molecule has 1 aromatic heterocycles. The van der Waals surface area contributed by atoms with E-state index in [4.69, 9.17) is 15.2 Å². The van der Waals surface area contributed by atoms with Gasteiger partial charge in [-0.25, -0.2) is 0 Å². The minimum Gasteiger partial charge on any atom is -0.384 e. The van der Waals surface area contributed by atoms with Gasteiger partial charge in [-0.1, -0.05) is 0 Å². The zero-order valence-electron chi connectivity index (χ0n) is 9.27. The molecule has 1 aromatic rings. The second-order valence-corrected chi connectivity index (χ2v) is 3.12. The molecule has 0 saturated carbocycles. The number of ether oxygens (including phenoxy) is 2. The van der Waals surface area contributed by atoms with E-state index in [-0.39, 0.29) is 0 Å². The molecule has 0 fully saturated rings. The molecule has 6 nitrogen and oxygen atoms in total. The minimum absolute atomic E-state index is 0.393. The summed E-state index contributed by atoms with van der Waals surface area (Å²) in [4.78, 5) is 0. The van der Waals surface area contributed by atoms with E-state index in [0.717, 1.165) is 24.6 Å². The number of hydrogen-bond donors (Lipinski definition) is 1. The van der Waals surface area contributed by atoms with Crippen LogP contribution in [-0.4, -0.2) is 42.2 Å². The lowest BCUT2D eigenvalue weighted by Gasteiger charge is -2.08. The van der Waals surface area contributed by atoms with Crippen LogP contribution < -0.4 is 5.73 Å². The third kappa shape index (κ3) is 3.26. The first-order valence-electron chi connectivity index (χ1n) is 4.92. The fraction of sp³-hybridized carbons (Fsp3) is 0.778. The zero-order chi connectivity index (χ0) is 11.1. The van der Waals surface area contributed by atoms with Crippen molar-refractivity contribution in [3.8, 4) is 0 Å². The minimum atomic E-state index is 0.393. The first-order valence-corrected chi connectivity index (χ1v) is 4.92. The number of nitrogens with two attached hydrogens (primary N) is 1. The average Bonchev–Trinajstić information content (AvgIpc) is 2.65. The Bertz CT molecular complexity index is 288. The standard InChI is InChI=1S/C9H18N4O2/c1-14-5-3-8-11-12-9(7-10)13(8)4-6-15-2/h3-7,10H2,1-2H3. The molecule has 0 saturated heterocycles. The summed E-state index contributed by atoms with van der Waals surface area (Å²) in [5, 5.41) is 8.09. The maximum atomic E-state index is 5.57. The van der Waals surface area contributed by atoms with Crippen LogP contribution in [0.1, 0.15) is 11.6 Å². The van der Waals surface area contributed by atoms with Crippen molar-refractivity contribution in [2.45, 2.75) is 19.5 Å². The summed E-state index contributed by atoms with van der Waals surface area (Å²) in [7, 11) is 3.33. The number of nitrogens with zero attached hydrogens (tertiary/aromatic N) is 3. The molecule has 0 amide bonds. The molecule has 1 rings (SSSR count). The summed E-state index contributed by atoms with van der Waals surface area (Å²) in [6.45, 7) is 2.39. The average molecular weight is 214 g/mol. The van der Waals surface area contributed by atoms with Gasteiger partial charge in [0.15, 0.2) is 0 Å². The molecule has 0 spiro atoms. The van der Waals surface area contributed by atoms with Crippen molar-refractivity contribution >= 4 is 0 Å². The van der Waals surface area contributed by atoms with E-state index in [9.17, 15) is 0 Å². The third-order valence-electron chi connectivity index (χ3n) is 2.14. The molecule has 2 N–H and O–H groups in total. The molecule has 0 radical (unpaired) electrons. The van der Waals surface area contributed by atoms with Crippen molar-refractivity contribution in [1.82, 2.24) is 14.8 Å². The molecule has 0 unspecified atom stereocenters. The fourth-order valence-corrected chi connectivity index (χ4v) is 1.34. The van der Waals surface area contributed by atoms with E-state index in [0.29, 0.717) is 19.8 Å². The van der Waals surface area contributed by atoms with Gasteiger partial charge in [-0.2, -0.15) is 0 Å². The molecule has 0 aliphatic rings. The van der Waals surface area contributed by atoms with Crippen molar-refractivity contribution in [3.63, 3.8) is 0 Å². The number of methoxy groups -OCH3 is 2. The molecular formula is C9H18N4O2. The van der Waals surface area contributed by atoms with Crippen LogP contribution >= 0.6 is 0 Å². The zero-order valence-corrected chi connectivity index (χ0v) is 9.27. The van der Waals surface area contributed by atoms with E-state index < -0.39 is 0 Å². The highest BCUT2D eigenvalue weighted by Gasteiger charge is 2.09. The number of rotatable bonds is 7. The second kappa shape index (κ2) is 6.49. The summed E-state index contributed by atoms with van der Waals surface area (Å²) in [5.74, 6) is 1.69. The molecule has 0 bridgehead atoms. The number of aromatic nitrogens is 3. The predicted octanol–water partition coefficient (Wildman–Crippen LogP) is -0.428. The van der Waals surface area contributed by atoms with Crippen LogP contribution in [0.2, 0.25) is 0 Å². The normalized spacial score (nSPS) is 10.9. The molecule has 0 atom stereocenters. The van der Waals surface area contributed by atoms with Crippen molar-refractivity contribution in [1.29, 1.82) is 0 Å². The summed E-state index contributed by atoms with van der Waals surface area (Å²) < 4.78 is 12.0. The van der Waals surface area contributed by atoms with Gasteiger partial charge in [0.25, 0.3) is 0 Å². The van der Waals surface area contributed by atoms with Gasteiger partial charge >= 0.3 is 0 Å². The summed E-state index contributed by atoms with van der Waals surface area (Å²) in [5.41, 5.74) is 5.57. The quantitative estimate of drug-likeness (QED) is 0.666. The van der Waals surface area contributed by atoms with Gasteiger partial charge in [-0.05, 0) is 0 Å². The van der Waals surface area contributed by atoms with Crippen LogP contribution in [0, 0.1) is 0 Å². The Morgan fingerprint density at radius 1 is 1.13 bits per heavy atom. The molecule has 0 aliphatic heterocycles. The molecule has 1 heterocycles. The highest BCUT2D eigenvalue weighted by atomic mass is 16.5. The van der Waals surface area contributed by atoms with Gasteiger partial charge in [-0.3, -0.25) is 0 Å². The predicted molar refractivity (Wildman–Crippen MR) is 55.4 cm³/mol. The molecule has 6 heteroatoms. The Morgan fingerprint density at radius 2 is 1.80 bits per heavy atom. The molecule has 0 aliphatic carbocycles. The molecule has 86 valence electrons. The summed E-state index contributed by atoms with van der Waals surface area (Å²) >= 11 is 0. The van der Waals surface area contributed by atoms with Crippen molar-refractivity contribution in [2.24, 2.45) is 5.73 Å². The third-order valence-corrected chi connectivity index (χ3v) is 2.14. The maximum Gasteiger partial charge on any atom is 0.146 e. The van der Waals surface area contributed by atoms with Crippen LogP contribution in [0.25, 0.3) is 0 Å². The van der Waals surface area contributed by atoms with Crippen molar-refractivity contribution in [2.75, 3.05) is 27.4 Å². The van der Waals surface area contributed by atoms with E-state index in [1.807, 2.05) is 4.57 Å². The first kappa shape index (κ1) is 12.1. The van der Waals surface area contributed by atoms with Gasteiger partial charge < -0.3 is 19.8 Å². The van der Waals surface area contributed by atoms with Crippen LogP contribution in [0.5, 0.6) is 0 Å². The van der Waals surface area contributed by atoms with Crippen LogP contribution in [0.4, 0.5) is 0 Å². The largest absolute Gasteiger partial charge is 0.384 e. The molecule has 15 heavy (non-hydrogen) atoms. The summed E-state index contributed by atoms with van der Waals surface area (Å²) in [6, 6.07) is 0. The monoisotopic (exact) mass is 214 g/mol.